The van der Waals surface area contributed by atoms with Crippen molar-refractivity contribution in [3.63, 3.8) is 0 Å². The van der Waals surface area contributed by atoms with Crippen molar-refractivity contribution < 1.29 is 4.74 Å². The molecular formula is C56H43N3O. The van der Waals surface area contributed by atoms with Crippen molar-refractivity contribution in [1.82, 2.24) is 15.0 Å². The van der Waals surface area contributed by atoms with Crippen LogP contribution in [0.15, 0.2) is 170 Å². The van der Waals surface area contributed by atoms with Crippen molar-refractivity contribution >= 4 is 0 Å². The van der Waals surface area contributed by atoms with Gasteiger partial charge in [0.1, 0.15) is 11.5 Å². The van der Waals surface area contributed by atoms with Crippen molar-refractivity contribution in [1.29, 1.82) is 0 Å². The molecule has 60 heavy (non-hydrogen) atoms. The highest BCUT2D eigenvalue weighted by Gasteiger charge is 2.77. The molecule has 8 atom stereocenters. The SMILES string of the molecule is C1=CC2c3ccccc3C3(c4ccccc4Oc4cc(-c5nc(-c6ccc(-c7ccccc7)cc6)nc(-c6ccc(C78C[C@H]9CC%10C[C@@H](C7)C%109C8)cc6)n5)ccc43)C2C=C1. The lowest BCUT2D eigenvalue weighted by molar-refractivity contribution is -0.175. The van der Waals surface area contributed by atoms with Gasteiger partial charge in [0.2, 0.25) is 0 Å². The standard InChI is InChI=1S/C56H43N3O/c1-2-10-34(11-3-1)35-18-20-36(21-19-35)51-57-52(37-22-25-39(26-23-37)54-31-41-29-40-30-42(32-54)55(40,41)33-54)59-53(58-51)38-24-27-48-50(28-38)60-49-17-9-8-16-47(49)56(48)45-14-6-4-12-43(45)44-13-5-7-15-46(44)56/h1-28,40-43,45H,29-33H2/t40?,41-,42+,43?,45?,54?,55?,56?. The molecule has 14 rings (SSSR count). The molecule has 0 radical (unpaired) electrons. The normalized spacial score (nSPS) is 30.0. The van der Waals surface area contributed by atoms with Gasteiger partial charge in [-0.05, 0) is 101 Å². The highest BCUT2D eigenvalue weighted by Crippen LogP contribution is 2.84. The van der Waals surface area contributed by atoms with E-state index in [9.17, 15) is 0 Å². The maximum absolute atomic E-state index is 6.91. The molecule has 2 spiro atoms. The zero-order valence-electron chi connectivity index (χ0n) is 33.3. The van der Waals surface area contributed by atoms with Gasteiger partial charge >= 0.3 is 0 Å². The molecule has 6 aliphatic carbocycles. The summed E-state index contributed by atoms with van der Waals surface area (Å²) in [6.07, 6.45) is 16.3. The molecule has 288 valence electrons. The van der Waals surface area contributed by atoms with Gasteiger partial charge in [-0.15, -0.1) is 0 Å². The molecule has 4 saturated carbocycles. The van der Waals surface area contributed by atoms with Crippen LogP contribution in [0.2, 0.25) is 0 Å². The third-order valence-electron chi connectivity index (χ3n) is 16.6. The van der Waals surface area contributed by atoms with E-state index in [0.717, 1.165) is 51.5 Å². The number of hydrogen-bond acceptors (Lipinski definition) is 4. The third kappa shape index (κ3) is 4.29. The van der Waals surface area contributed by atoms with E-state index in [1.807, 2.05) is 0 Å². The predicted octanol–water partition coefficient (Wildman–Crippen LogP) is 12.9. The van der Waals surface area contributed by atoms with E-state index in [1.165, 1.54) is 65.5 Å². The second-order valence-electron chi connectivity index (χ2n) is 18.9. The first-order valence-electron chi connectivity index (χ1n) is 22.0. The van der Waals surface area contributed by atoms with Gasteiger partial charge in [-0.25, -0.2) is 15.0 Å². The van der Waals surface area contributed by atoms with Gasteiger partial charge in [0, 0.05) is 39.7 Å². The highest BCUT2D eigenvalue weighted by atomic mass is 16.5. The first-order chi connectivity index (χ1) is 29.6. The Morgan fingerprint density at radius 2 is 1.07 bits per heavy atom. The predicted molar refractivity (Wildman–Crippen MR) is 237 cm³/mol. The number of hydrogen-bond donors (Lipinski definition) is 0. The lowest BCUT2D eigenvalue weighted by Crippen LogP contribution is -2.59. The molecule has 2 bridgehead atoms. The first kappa shape index (κ1) is 33.4. The number of para-hydroxylation sites is 1. The van der Waals surface area contributed by atoms with Crippen LogP contribution in [0.3, 0.4) is 0 Å². The van der Waals surface area contributed by atoms with Crippen LogP contribution in [0.5, 0.6) is 11.5 Å². The van der Waals surface area contributed by atoms with Crippen LogP contribution in [-0.2, 0) is 10.8 Å². The smallest absolute Gasteiger partial charge is 0.164 e. The van der Waals surface area contributed by atoms with Gasteiger partial charge in [-0.3, -0.25) is 0 Å². The van der Waals surface area contributed by atoms with Gasteiger partial charge in [0.05, 0.1) is 5.41 Å². The van der Waals surface area contributed by atoms with E-state index < -0.39 is 5.41 Å². The molecule has 0 saturated heterocycles. The summed E-state index contributed by atoms with van der Waals surface area (Å²) in [5, 5.41) is 0. The molecule has 6 unspecified atom stereocenters. The van der Waals surface area contributed by atoms with Crippen LogP contribution >= 0.6 is 0 Å². The van der Waals surface area contributed by atoms with Gasteiger partial charge in [-0.1, -0.05) is 158 Å². The zero-order chi connectivity index (χ0) is 39.2. The van der Waals surface area contributed by atoms with Gasteiger partial charge in [-0.2, -0.15) is 0 Å². The summed E-state index contributed by atoms with van der Waals surface area (Å²) < 4.78 is 6.91. The van der Waals surface area contributed by atoms with Crippen molar-refractivity contribution in [2.75, 3.05) is 0 Å². The second-order valence-corrected chi connectivity index (χ2v) is 18.9. The third-order valence-corrected chi connectivity index (χ3v) is 16.6. The number of aromatic nitrogens is 3. The Balaban J connectivity index is 0.899. The van der Waals surface area contributed by atoms with Crippen LogP contribution in [0.4, 0.5) is 0 Å². The average molecular weight is 774 g/mol. The van der Waals surface area contributed by atoms with Gasteiger partial charge < -0.3 is 4.74 Å². The fraction of sp³-hybridized carbons (Fsp3) is 0.232. The first-order valence-corrected chi connectivity index (χ1v) is 22.0. The summed E-state index contributed by atoms with van der Waals surface area (Å²) in [6, 6.07) is 52.8. The molecule has 7 aromatic rings. The molecule has 0 amide bonds. The Hall–Kier alpha value is -6.39. The molecule has 4 nitrogen and oxygen atoms in total. The van der Waals surface area contributed by atoms with E-state index in [2.05, 4.69) is 170 Å². The van der Waals surface area contributed by atoms with Crippen LogP contribution in [0.25, 0.3) is 45.3 Å². The Morgan fingerprint density at radius 1 is 0.483 bits per heavy atom. The Kier molecular flexibility index (Phi) is 6.62. The van der Waals surface area contributed by atoms with E-state index in [4.69, 9.17) is 19.7 Å². The van der Waals surface area contributed by atoms with E-state index in [1.54, 1.807) is 0 Å². The summed E-state index contributed by atoms with van der Waals surface area (Å²) in [5.41, 5.74) is 12.5. The number of allylic oxidation sites excluding steroid dienone is 4. The number of benzene rings is 6. The molecule has 6 aromatic carbocycles. The summed E-state index contributed by atoms with van der Waals surface area (Å²) in [7, 11) is 0. The minimum absolute atomic E-state index is 0.214. The van der Waals surface area contributed by atoms with Crippen molar-refractivity contribution in [3.8, 4) is 56.8 Å². The molecule has 0 N–H and O–H groups in total. The Labute approximate surface area is 350 Å². The second kappa shape index (κ2) is 11.9. The van der Waals surface area contributed by atoms with Gasteiger partial charge in [0.25, 0.3) is 0 Å². The zero-order valence-corrected chi connectivity index (χ0v) is 33.3. The molecule has 4 heteroatoms. The van der Waals surface area contributed by atoms with Crippen LogP contribution in [0, 0.1) is 29.1 Å². The fourth-order valence-corrected chi connectivity index (χ4v) is 14.1. The molecule has 1 aliphatic heterocycles. The van der Waals surface area contributed by atoms with Gasteiger partial charge in [0.15, 0.2) is 17.5 Å². The minimum atomic E-state index is -0.402. The summed E-state index contributed by atoms with van der Waals surface area (Å²) in [6.45, 7) is 0. The molecule has 2 heterocycles. The monoisotopic (exact) mass is 773 g/mol. The number of nitrogens with zero attached hydrogens (tertiary/aromatic N) is 3. The molecular weight excluding hydrogens is 731 g/mol. The Morgan fingerprint density at radius 3 is 1.80 bits per heavy atom. The van der Waals surface area contributed by atoms with Crippen molar-refractivity contribution in [2.24, 2.45) is 29.1 Å². The average Bonchev–Trinajstić information content (AvgIpc) is 3.91. The van der Waals surface area contributed by atoms with Crippen LogP contribution < -0.4 is 4.74 Å². The maximum Gasteiger partial charge on any atom is 0.164 e. The summed E-state index contributed by atoms with van der Waals surface area (Å²) in [4.78, 5) is 15.7. The quantitative estimate of drug-likeness (QED) is 0.175. The maximum atomic E-state index is 6.91. The Bertz CT molecular complexity index is 2970. The number of fused-ring (bicyclic) bond motifs is 10. The van der Waals surface area contributed by atoms with Crippen molar-refractivity contribution in [2.45, 2.75) is 48.9 Å². The largest absolute Gasteiger partial charge is 0.457 e. The van der Waals surface area contributed by atoms with E-state index in [-0.39, 0.29) is 11.8 Å². The number of ether oxygens (including phenoxy) is 1. The summed E-state index contributed by atoms with van der Waals surface area (Å²) >= 11 is 0. The molecule has 1 aromatic heterocycles. The lowest BCUT2D eigenvalue weighted by atomic mass is 9.38. The molecule has 7 aliphatic rings. The highest BCUT2D eigenvalue weighted by molar-refractivity contribution is 5.75. The minimum Gasteiger partial charge on any atom is -0.457 e. The topological polar surface area (TPSA) is 47.9 Å². The number of rotatable bonds is 5. The van der Waals surface area contributed by atoms with E-state index >= 15 is 0 Å². The fourth-order valence-electron chi connectivity index (χ4n) is 14.1. The van der Waals surface area contributed by atoms with Crippen LogP contribution in [-0.4, -0.2) is 15.0 Å². The van der Waals surface area contributed by atoms with Crippen LogP contribution in [0.1, 0.15) is 65.8 Å². The summed E-state index contributed by atoms with van der Waals surface area (Å²) in [5.74, 6) is 7.17. The van der Waals surface area contributed by atoms with E-state index in [0.29, 0.717) is 28.3 Å². The lowest BCUT2D eigenvalue weighted by Gasteiger charge is -2.66. The molecule has 4 fully saturated rings. The van der Waals surface area contributed by atoms with Crippen molar-refractivity contribution in [3.05, 3.63) is 198 Å².